The van der Waals surface area contributed by atoms with Crippen LogP contribution in [0, 0.1) is 6.92 Å². The molecule has 4 rings (SSSR count). The fourth-order valence-electron chi connectivity index (χ4n) is 3.75. The van der Waals surface area contributed by atoms with Gasteiger partial charge in [-0.2, -0.15) is 0 Å². The van der Waals surface area contributed by atoms with Gasteiger partial charge >= 0.3 is 6.09 Å². The van der Waals surface area contributed by atoms with E-state index in [9.17, 15) is 4.79 Å². The Labute approximate surface area is 207 Å². The van der Waals surface area contributed by atoms with Gasteiger partial charge in [0.1, 0.15) is 5.60 Å². The molecule has 0 unspecified atom stereocenters. The van der Waals surface area contributed by atoms with Crippen LogP contribution in [0.25, 0.3) is 32.9 Å². The van der Waals surface area contributed by atoms with Crippen molar-refractivity contribution in [1.29, 1.82) is 0 Å². The van der Waals surface area contributed by atoms with Gasteiger partial charge < -0.3 is 13.8 Å². The van der Waals surface area contributed by atoms with Gasteiger partial charge in [0.25, 0.3) is 0 Å². The van der Waals surface area contributed by atoms with Crippen molar-refractivity contribution in [1.82, 2.24) is 19.0 Å². The third kappa shape index (κ3) is 6.09. The summed E-state index contributed by atoms with van der Waals surface area (Å²) in [6.45, 7) is 7.70. The second kappa shape index (κ2) is 9.82. The summed E-state index contributed by atoms with van der Waals surface area (Å²) in [7, 11) is 6.29. The summed E-state index contributed by atoms with van der Waals surface area (Å²) in [5, 5.41) is 1.89. The van der Waals surface area contributed by atoms with E-state index in [1.165, 1.54) is 0 Å². The summed E-state index contributed by atoms with van der Waals surface area (Å²) in [6, 6.07) is 10.1. The van der Waals surface area contributed by atoms with Crippen molar-refractivity contribution in [3.8, 4) is 11.1 Å². The van der Waals surface area contributed by atoms with Crippen LogP contribution < -0.4 is 4.48 Å². The van der Waals surface area contributed by atoms with E-state index in [0.717, 1.165) is 44.3 Å². The number of aryl methyl sites for hydroxylation is 1. The zero-order valence-corrected chi connectivity index (χ0v) is 21.7. The molecule has 0 fully saturated rings. The zero-order valence-electron chi connectivity index (χ0n) is 20.9. The standard InChI is InChI=1S/C25H29N4O2.H2O3S/c1-16-12-23(29(5,6)7)27-15-19(16)17-8-9-18-20-14-26-11-10-21(20)28(22(18)13-17)24(30)31-25(2,3)4;1-4(2)3/h8-15H,1-7H3;(H2,1,2,3)/q+1;/p-2. The molecule has 0 N–H and O–H groups in total. The average molecular weight is 498 g/mol. The van der Waals surface area contributed by atoms with Gasteiger partial charge in [0.05, 0.1) is 32.2 Å². The third-order valence-electron chi connectivity index (χ3n) is 5.24. The van der Waals surface area contributed by atoms with Crippen molar-refractivity contribution in [3.63, 3.8) is 0 Å². The molecule has 10 heteroatoms. The normalized spacial score (nSPS) is 12.1. The van der Waals surface area contributed by atoms with Crippen molar-refractivity contribution in [2.75, 3.05) is 21.1 Å². The van der Waals surface area contributed by atoms with Crippen LogP contribution in [0.2, 0.25) is 0 Å². The highest BCUT2D eigenvalue weighted by Crippen LogP contribution is 2.34. The molecular weight excluding hydrogens is 468 g/mol. The van der Waals surface area contributed by atoms with Gasteiger partial charge in [-0.1, -0.05) is 12.1 Å². The van der Waals surface area contributed by atoms with E-state index in [1.54, 1.807) is 17.0 Å². The Hall–Kier alpha value is -3.18. The lowest BCUT2D eigenvalue weighted by Gasteiger charge is -2.22. The summed E-state index contributed by atoms with van der Waals surface area (Å²) in [5.41, 5.74) is 4.17. The number of aromatic nitrogens is 3. The molecule has 0 spiro atoms. The van der Waals surface area contributed by atoms with Crippen LogP contribution in [-0.2, 0) is 16.1 Å². The summed E-state index contributed by atoms with van der Waals surface area (Å²) in [4.78, 5) is 22.1. The van der Waals surface area contributed by atoms with Crippen LogP contribution in [0.5, 0.6) is 0 Å². The Morgan fingerprint density at radius 3 is 2.26 bits per heavy atom. The van der Waals surface area contributed by atoms with Crippen LogP contribution in [-0.4, -0.2) is 60.7 Å². The minimum Gasteiger partial charge on any atom is -0.784 e. The number of hydrogen-bond acceptors (Lipinski definition) is 7. The summed E-state index contributed by atoms with van der Waals surface area (Å²) in [5.74, 6) is 0.997. The number of quaternary nitrogens is 1. The minimum atomic E-state index is -3.11. The summed E-state index contributed by atoms with van der Waals surface area (Å²) < 4.78 is 33.3. The van der Waals surface area contributed by atoms with Gasteiger partial charge in [-0.25, -0.2) is 14.3 Å². The minimum absolute atomic E-state index is 0.397. The van der Waals surface area contributed by atoms with Crippen molar-refractivity contribution in [2.24, 2.45) is 0 Å². The summed E-state index contributed by atoms with van der Waals surface area (Å²) >= 11 is -3.11. The first-order valence-electron chi connectivity index (χ1n) is 10.9. The van der Waals surface area contributed by atoms with Crippen molar-refractivity contribution >= 4 is 45.1 Å². The van der Waals surface area contributed by atoms with E-state index in [0.29, 0.717) is 4.48 Å². The SMILES string of the molecule is Cc1cc([N+](C)(C)C)ncc1-c1ccc2c3cnccc3n(C(=O)OC(C)(C)C)c2c1.O=S([O-])[O-]. The number of nitrogens with zero attached hydrogens (tertiary/aromatic N) is 4. The topological polar surface area (TPSA) is 120 Å². The molecule has 0 amide bonds. The lowest BCUT2D eigenvalue weighted by Crippen LogP contribution is -2.35. The number of hydrogen-bond donors (Lipinski definition) is 0. The van der Waals surface area contributed by atoms with Crippen molar-refractivity contribution in [3.05, 3.63) is 54.5 Å². The molecule has 0 atom stereocenters. The van der Waals surface area contributed by atoms with Crippen molar-refractivity contribution < 1.29 is 22.8 Å². The Bertz CT molecular complexity index is 1410. The molecule has 9 nitrogen and oxygen atoms in total. The van der Waals surface area contributed by atoms with Gasteiger partial charge in [-0.15, -0.1) is 11.4 Å². The van der Waals surface area contributed by atoms with Gasteiger partial charge in [0.2, 0.25) is 5.82 Å². The number of pyridine rings is 2. The lowest BCUT2D eigenvalue weighted by molar-refractivity contribution is 0.0551. The molecule has 4 aromatic rings. The number of benzene rings is 1. The monoisotopic (exact) mass is 497 g/mol. The maximum absolute atomic E-state index is 13.1. The van der Waals surface area contributed by atoms with Crippen LogP contribution in [0.4, 0.5) is 10.6 Å². The molecule has 1 aromatic carbocycles. The average Bonchev–Trinajstić information content (AvgIpc) is 3.05. The predicted octanol–water partition coefficient (Wildman–Crippen LogP) is 4.54. The van der Waals surface area contributed by atoms with E-state index in [4.69, 9.17) is 18.1 Å². The molecule has 3 heterocycles. The number of fused-ring (bicyclic) bond motifs is 3. The molecule has 0 aliphatic heterocycles. The smallest absolute Gasteiger partial charge is 0.419 e. The Morgan fingerprint density at radius 1 is 1.03 bits per heavy atom. The van der Waals surface area contributed by atoms with E-state index in [2.05, 4.69) is 50.2 Å². The molecule has 35 heavy (non-hydrogen) atoms. The van der Waals surface area contributed by atoms with E-state index >= 15 is 0 Å². The fraction of sp³-hybridized carbons (Fsp3) is 0.320. The van der Waals surface area contributed by atoms with Crippen LogP contribution in [0.15, 0.2) is 48.9 Å². The Balaban J connectivity index is 0.000000795. The molecular formula is C25H29N4O5S-. The number of carbonyl (C=O) groups excluding carboxylic acids is 1. The first kappa shape index (κ1) is 26.4. The quantitative estimate of drug-likeness (QED) is 0.294. The molecule has 0 saturated carbocycles. The highest BCUT2D eigenvalue weighted by atomic mass is 32.2. The van der Waals surface area contributed by atoms with Gasteiger partial charge in [-0.05, 0) is 51.0 Å². The molecule has 0 saturated heterocycles. The first-order chi connectivity index (χ1) is 16.2. The highest BCUT2D eigenvalue weighted by Gasteiger charge is 2.23. The number of rotatable bonds is 2. The summed E-state index contributed by atoms with van der Waals surface area (Å²) in [6.07, 6.45) is 5.00. The highest BCUT2D eigenvalue weighted by molar-refractivity contribution is 7.72. The van der Waals surface area contributed by atoms with Crippen LogP contribution >= 0.6 is 0 Å². The van der Waals surface area contributed by atoms with Gasteiger partial charge in [-0.3, -0.25) is 13.7 Å². The fourth-order valence-corrected chi connectivity index (χ4v) is 3.75. The third-order valence-corrected chi connectivity index (χ3v) is 5.24. The zero-order chi connectivity index (χ0) is 26.1. The van der Waals surface area contributed by atoms with E-state index < -0.39 is 23.1 Å². The number of ether oxygens (including phenoxy) is 1. The lowest BCUT2D eigenvalue weighted by atomic mass is 10.0. The second-order valence-electron chi connectivity index (χ2n) is 10.0. The Morgan fingerprint density at radius 2 is 1.69 bits per heavy atom. The van der Waals surface area contributed by atoms with Crippen molar-refractivity contribution in [2.45, 2.75) is 33.3 Å². The molecule has 0 aliphatic rings. The molecule has 0 radical (unpaired) electrons. The maximum Gasteiger partial charge on any atom is 0.419 e. The van der Waals surface area contributed by atoms with Crippen LogP contribution in [0.3, 0.4) is 0 Å². The molecule has 186 valence electrons. The molecule has 0 aliphatic carbocycles. The second-order valence-corrected chi connectivity index (χ2v) is 10.4. The van der Waals surface area contributed by atoms with E-state index in [1.807, 2.05) is 45.2 Å². The van der Waals surface area contributed by atoms with Gasteiger partial charge in [0.15, 0.2) is 0 Å². The number of carbonyl (C=O) groups is 1. The first-order valence-corrected chi connectivity index (χ1v) is 11.9. The van der Waals surface area contributed by atoms with Gasteiger partial charge in [0, 0.05) is 41.0 Å². The maximum atomic E-state index is 13.1. The van der Waals surface area contributed by atoms with E-state index in [-0.39, 0.29) is 0 Å². The predicted molar refractivity (Wildman–Crippen MR) is 136 cm³/mol. The molecule has 3 aromatic heterocycles. The Kier molecular flexibility index (Phi) is 7.42. The molecule has 0 bridgehead atoms. The van der Waals surface area contributed by atoms with Crippen LogP contribution in [0.1, 0.15) is 26.3 Å². The largest absolute Gasteiger partial charge is 0.784 e.